The van der Waals surface area contributed by atoms with Crippen molar-refractivity contribution in [1.29, 1.82) is 0 Å². The Kier molecular flexibility index (Phi) is 2.70. The number of rotatable bonds is 2. The van der Waals surface area contributed by atoms with Crippen molar-refractivity contribution >= 4 is 5.91 Å². The molecule has 0 aromatic carbocycles. The molecule has 0 aliphatic rings. The lowest BCUT2D eigenvalue weighted by Crippen LogP contribution is -2.22. The van der Waals surface area contributed by atoms with E-state index in [1.807, 2.05) is 13.8 Å². The number of aromatic nitrogens is 2. The molecule has 1 amide bonds. The van der Waals surface area contributed by atoms with Crippen LogP contribution in [0.5, 0.6) is 0 Å². The molecule has 1 N–H and O–H groups in total. The van der Waals surface area contributed by atoms with E-state index in [0.29, 0.717) is 11.6 Å². The van der Waals surface area contributed by atoms with Crippen LogP contribution in [0.2, 0.25) is 0 Å². The van der Waals surface area contributed by atoms with Gasteiger partial charge in [0.25, 0.3) is 5.91 Å². The first-order valence-corrected chi connectivity index (χ1v) is 4.32. The van der Waals surface area contributed by atoms with E-state index in [0.717, 1.165) is 5.56 Å². The van der Waals surface area contributed by atoms with Gasteiger partial charge in [-0.3, -0.25) is 9.48 Å². The van der Waals surface area contributed by atoms with Gasteiger partial charge < -0.3 is 5.32 Å². The third-order valence-corrected chi connectivity index (χ3v) is 2.03. The van der Waals surface area contributed by atoms with Crippen LogP contribution in [0.25, 0.3) is 0 Å². The number of aryl methyl sites for hydroxylation is 1. The van der Waals surface area contributed by atoms with Gasteiger partial charge in [-0.2, -0.15) is 5.10 Å². The fourth-order valence-electron chi connectivity index (χ4n) is 1.27. The zero-order chi connectivity index (χ0) is 10.0. The summed E-state index contributed by atoms with van der Waals surface area (Å²) in [5.74, 6) is 0.240. The van der Waals surface area contributed by atoms with Crippen LogP contribution in [0.1, 0.15) is 35.8 Å². The molecular weight excluding hydrogens is 166 g/mol. The lowest BCUT2D eigenvalue weighted by Gasteiger charge is -2.06. The van der Waals surface area contributed by atoms with E-state index in [-0.39, 0.29) is 5.91 Å². The van der Waals surface area contributed by atoms with Gasteiger partial charge in [-0.25, -0.2) is 0 Å². The number of hydrogen-bond acceptors (Lipinski definition) is 2. The fraction of sp³-hybridized carbons (Fsp3) is 0.556. The fourth-order valence-corrected chi connectivity index (χ4v) is 1.27. The summed E-state index contributed by atoms with van der Waals surface area (Å²) in [4.78, 5) is 11.4. The number of hydrogen-bond donors (Lipinski definition) is 1. The van der Waals surface area contributed by atoms with E-state index in [1.54, 1.807) is 25.0 Å². The average molecular weight is 181 g/mol. The highest BCUT2D eigenvalue weighted by atomic mass is 16.1. The summed E-state index contributed by atoms with van der Waals surface area (Å²) in [5.41, 5.74) is 1.64. The van der Waals surface area contributed by atoms with E-state index < -0.39 is 0 Å². The van der Waals surface area contributed by atoms with Gasteiger partial charge >= 0.3 is 0 Å². The molecule has 0 spiro atoms. The van der Waals surface area contributed by atoms with Crippen molar-refractivity contribution < 1.29 is 4.79 Å². The molecule has 0 bridgehead atoms. The minimum atomic E-state index is -0.0799. The maximum atomic E-state index is 11.4. The third-order valence-electron chi connectivity index (χ3n) is 2.03. The van der Waals surface area contributed by atoms with Crippen LogP contribution in [0.4, 0.5) is 0 Å². The number of carbonyl (C=O) groups excluding carboxylic acids is 1. The lowest BCUT2D eigenvalue weighted by atomic mass is 10.0. The van der Waals surface area contributed by atoms with E-state index in [9.17, 15) is 4.79 Å². The Balaban J connectivity index is 3.16. The predicted octanol–water partition coefficient (Wildman–Crippen LogP) is 0.903. The zero-order valence-electron chi connectivity index (χ0n) is 8.46. The minimum absolute atomic E-state index is 0.0799. The Morgan fingerprint density at radius 2 is 2.23 bits per heavy atom. The van der Waals surface area contributed by atoms with Crippen molar-refractivity contribution in [3.63, 3.8) is 0 Å². The van der Waals surface area contributed by atoms with E-state index in [2.05, 4.69) is 10.4 Å². The molecule has 1 heterocycles. The topological polar surface area (TPSA) is 46.9 Å². The van der Waals surface area contributed by atoms with Crippen LogP contribution in [0.15, 0.2) is 6.20 Å². The summed E-state index contributed by atoms with van der Waals surface area (Å²) in [6, 6.07) is 0. The van der Waals surface area contributed by atoms with Gasteiger partial charge in [-0.05, 0) is 5.92 Å². The maximum Gasteiger partial charge on any atom is 0.269 e. The normalized spacial score (nSPS) is 10.5. The van der Waals surface area contributed by atoms with Crippen molar-refractivity contribution in [2.24, 2.45) is 7.05 Å². The Labute approximate surface area is 77.9 Å². The van der Waals surface area contributed by atoms with Crippen LogP contribution in [-0.4, -0.2) is 22.7 Å². The van der Waals surface area contributed by atoms with Crippen LogP contribution < -0.4 is 5.32 Å². The van der Waals surface area contributed by atoms with Crippen molar-refractivity contribution in [2.75, 3.05) is 7.05 Å². The largest absolute Gasteiger partial charge is 0.354 e. The van der Waals surface area contributed by atoms with Crippen LogP contribution in [0.3, 0.4) is 0 Å². The van der Waals surface area contributed by atoms with Crippen LogP contribution in [0, 0.1) is 0 Å². The molecule has 0 aliphatic carbocycles. The second kappa shape index (κ2) is 3.60. The van der Waals surface area contributed by atoms with Crippen molar-refractivity contribution in [1.82, 2.24) is 15.1 Å². The highest BCUT2D eigenvalue weighted by Crippen LogP contribution is 2.17. The molecule has 4 heteroatoms. The number of nitrogens with one attached hydrogen (secondary N) is 1. The number of amides is 1. The SMILES string of the molecule is CNC(=O)c1c(C(C)C)cnn1C. The highest BCUT2D eigenvalue weighted by molar-refractivity contribution is 5.93. The Morgan fingerprint density at radius 1 is 1.62 bits per heavy atom. The summed E-state index contributed by atoms with van der Waals surface area (Å²) in [6.07, 6.45) is 1.75. The summed E-state index contributed by atoms with van der Waals surface area (Å²) in [5, 5.41) is 6.67. The molecule has 0 saturated carbocycles. The molecule has 0 radical (unpaired) electrons. The van der Waals surface area contributed by atoms with Gasteiger partial charge in [0.1, 0.15) is 5.69 Å². The van der Waals surface area contributed by atoms with Gasteiger partial charge in [0, 0.05) is 19.7 Å². The molecule has 0 saturated heterocycles. The van der Waals surface area contributed by atoms with Crippen molar-refractivity contribution in [3.8, 4) is 0 Å². The predicted molar refractivity (Wildman–Crippen MR) is 50.7 cm³/mol. The third kappa shape index (κ3) is 1.71. The molecule has 0 fully saturated rings. The van der Waals surface area contributed by atoms with Crippen LogP contribution >= 0.6 is 0 Å². The van der Waals surface area contributed by atoms with Crippen molar-refractivity contribution in [3.05, 3.63) is 17.5 Å². The van der Waals surface area contributed by atoms with Gasteiger partial charge in [-0.1, -0.05) is 13.8 Å². The molecule has 1 aromatic rings. The zero-order valence-corrected chi connectivity index (χ0v) is 8.46. The van der Waals surface area contributed by atoms with E-state index >= 15 is 0 Å². The maximum absolute atomic E-state index is 11.4. The second-order valence-corrected chi connectivity index (χ2v) is 3.31. The molecule has 0 unspecified atom stereocenters. The Bertz CT molecular complexity index is 315. The van der Waals surface area contributed by atoms with Crippen molar-refractivity contribution in [2.45, 2.75) is 19.8 Å². The monoisotopic (exact) mass is 181 g/mol. The summed E-state index contributed by atoms with van der Waals surface area (Å²) in [7, 11) is 3.40. The average Bonchev–Trinajstić information content (AvgIpc) is 2.46. The van der Waals surface area contributed by atoms with E-state index in [4.69, 9.17) is 0 Å². The quantitative estimate of drug-likeness (QED) is 0.737. The first-order valence-electron chi connectivity index (χ1n) is 4.32. The molecule has 0 aliphatic heterocycles. The van der Waals surface area contributed by atoms with E-state index in [1.165, 1.54) is 0 Å². The van der Waals surface area contributed by atoms with Gasteiger partial charge in [0.2, 0.25) is 0 Å². The smallest absolute Gasteiger partial charge is 0.269 e. The number of carbonyl (C=O) groups is 1. The van der Waals surface area contributed by atoms with Gasteiger partial charge in [0.05, 0.1) is 6.20 Å². The van der Waals surface area contributed by atoms with Gasteiger partial charge in [-0.15, -0.1) is 0 Å². The second-order valence-electron chi connectivity index (χ2n) is 3.31. The summed E-state index contributed by atoms with van der Waals surface area (Å²) >= 11 is 0. The Morgan fingerprint density at radius 3 is 2.69 bits per heavy atom. The Hall–Kier alpha value is -1.32. The minimum Gasteiger partial charge on any atom is -0.354 e. The molecule has 0 atom stereocenters. The molecule has 1 rings (SSSR count). The molecule has 72 valence electrons. The summed E-state index contributed by atoms with van der Waals surface area (Å²) in [6.45, 7) is 4.09. The molecule has 1 aromatic heterocycles. The number of nitrogens with zero attached hydrogens (tertiary/aromatic N) is 2. The standard InChI is InChI=1S/C9H15N3O/c1-6(2)7-5-11-12(4)8(7)9(13)10-3/h5-6H,1-4H3,(H,10,13). The lowest BCUT2D eigenvalue weighted by molar-refractivity contribution is 0.0952. The van der Waals surface area contributed by atoms with Gasteiger partial charge in [0.15, 0.2) is 0 Å². The molecule has 13 heavy (non-hydrogen) atoms. The molecular formula is C9H15N3O. The molecule has 4 nitrogen and oxygen atoms in total. The highest BCUT2D eigenvalue weighted by Gasteiger charge is 2.17. The first kappa shape index (κ1) is 9.77. The summed E-state index contributed by atoms with van der Waals surface area (Å²) < 4.78 is 1.61. The first-order chi connectivity index (χ1) is 6.07. The van der Waals surface area contributed by atoms with Crippen LogP contribution in [-0.2, 0) is 7.05 Å².